The molecule has 90 valence electrons. The third kappa shape index (κ3) is 4.47. The molecule has 0 saturated carbocycles. The van der Waals surface area contributed by atoms with Gasteiger partial charge in [-0.1, -0.05) is 18.5 Å². The molecule has 0 aliphatic heterocycles. The minimum absolute atomic E-state index is 0.257. The molecule has 0 aliphatic rings. The van der Waals surface area contributed by atoms with Gasteiger partial charge in [0.1, 0.15) is 5.82 Å². The molecular formula is C12H17ClFNO. The quantitative estimate of drug-likeness (QED) is 0.756. The highest BCUT2D eigenvalue weighted by Crippen LogP contribution is 2.14. The summed E-state index contributed by atoms with van der Waals surface area (Å²) in [5.41, 5.74) is 0.554. The van der Waals surface area contributed by atoms with E-state index < -0.39 is 0 Å². The van der Waals surface area contributed by atoms with E-state index in [-0.39, 0.29) is 11.9 Å². The summed E-state index contributed by atoms with van der Waals surface area (Å²) in [6, 6.07) is 4.50. The van der Waals surface area contributed by atoms with E-state index >= 15 is 0 Å². The van der Waals surface area contributed by atoms with Crippen LogP contribution >= 0.6 is 11.6 Å². The molecule has 1 rings (SSSR count). The van der Waals surface area contributed by atoms with Gasteiger partial charge in [0, 0.05) is 17.1 Å². The molecule has 1 aromatic rings. The Kier molecular flexibility index (Phi) is 5.74. The van der Waals surface area contributed by atoms with E-state index in [0.29, 0.717) is 30.1 Å². The van der Waals surface area contributed by atoms with Gasteiger partial charge in [-0.15, -0.1) is 0 Å². The highest BCUT2D eigenvalue weighted by Gasteiger charge is 2.03. The van der Waals surface area contributed by atoms with Crippen molar-refractivity contribution in [3.63, 3.8) is 0 Å². The summed E-state index contributed by atoms with van der Waals surface area (Å²) >= 11 is 5.77. The van der Waals surface area contributed by atoms with E-state index in [9.17, 15) is 9.50 Å². The fourth-order valence-corrected chi connectivity index (χ4v) is 1.57. The molecule has 0 aliphatic carbocycles. The second kappa shape index (κ2) is 6.84. The number of benzene rings is 1. The maximum Gasteiger partial charge on any atom is 0.127 e. The lowest BCUT2D eigenvalue weighted by Gasteiger charge is -2.09. The normalized spacial score (nSPS) is 12.8. The Hall–Kier alpha value is -0.640. The number of aliphatic hydroxyl groups is 1. The van der Waals surface area contributed by atoms with Crippen LogP contribution in [0, 0.1) is 5.82 Å². The Morgan fingerprint density at radius 2 is 2.25 bits per heavy atom. The highest BCUT2D eigenvalue weighted by molar-refractivity contribution is 6.30. The lowest BCUT2D eigenvalue weighted by molar-refractivity contribution is 0.159. The van der Waals surface area contributed by atoms with Gasteiger partial charge in [-0.05, 0) is 37.6 Å². The fraction of sp³-hybridized carbons (Fsp3) is 0.500. The number of aliphatic hydroxyl groups excluding tert-OH is 1. The molecule has 0 bridgehead atoms. The van der Waals surface area contributed by atoms with Crippen LogP contribution in [-0.2, 0) is 6.54 Å². The number of rotatable bonds is 6. The SMILES string of the molecule is CCC(O)CCNCc1cc(Cl)ccc1F. The van der Waals surface area contributed by atoms with Crippen LogP contribution in [0.3, 0.4) is 0 Å². The summed E-state index contributed by atoms with van der Waals surface area (Å²) in [6.07, 6.45) is 1.14. The van der Waals surface area contributed by atoms with Crippen molar-refractivity contribution >= 4 is 11.6 Å². The molecule has 2 N–H and O–H groups in total. The van der Waals surface area contributed by atoms with Gasteiger partial charge in [-0.25, -0.2) is 4.39 Å². The average molecular weight is 246 g/mol. The molecule has 1 atom stereocenters. The Bertz CT molecular complexity index is 333. The largest absolute Gasteiger partial charge is 0.393 e. The predicted molar refractivity (Wildman–Crippen MR) is 64.0 cm³/mol. The molecular weight excluding hydrogens is 229 g/mol. The van der Waals surface area contributed by atoms with Crippen LogP contribution in [0.25, 0.3) is 0 Å². The molecule has 16 heavy (non-hydrogen) atoms. The maximum atomic E-state index is 13.3. The smallest absolute Gasteiger partial charge is 0.127 e. The number of hydrogen-bond acceptors (Lipinski definition) is 2. The zero-order valence-corrected chi connectivity index (χ0v) is 10.1. The average Bonchev–Trinajstić information content (AvgIpc) is 2.28. The van der Waals surface area contributed by atoms with Crippen LogP contribution in [0.2, 0.25) is 5.02 Å². The molecule has 4 heteroatoms. The molecule has 0 amide bonds. The van der Waals surface area contributed by atoms with Gasteiger partial charge in [-0.3, -0.25) is 0 Å². The third-order valence-electron chi connectivity index (χ3n) is 2.45. The van der Waals surface area contributed by atoms with E-state index in [1.54, 1.807) is 6.07 Å². The Balaban J connectivity index is 2.34. The van der Waals surface area contributed by atoms with Crippen molar-refractivity contribution in [1.82, 2.24) is 5.32 Å². The first-order valence-electron chi connectivity index (χ1n) is 5.46. The molecule has 1 unspecified atom stereocenters. The summed E-state index contributed by atoms with van der Waals surface area (Å²) in [7, 11) is 0. The molecule has 2 nitrogen and oxygen atoms in total. The van der Waals surface area contributed by atoms with E-state index in [0.717, 1.165) is 6.42 Å². The van der Waals surface area contributed by atoms with Gasteiger partial charge in [0.15, 0.2) is 0 Å². The lowest BCUT2D eigenvalue weighted by Crippen LogP contribution is -2.20. The third-order valence-corrected chi connectivity index (χ3v) is 2.68. The van der Waals surface area contributed by atoms with Gasteiger partial charge >= 0.3 is 0 Å². The van der Waals surface area contributed by atoms with Crippen molar-refractivity contribution < 1.29 is 9.50 Å². The summed E-state index contributed by atoms with van der Waals surface area (Å²) in [5, 5.41) is 12.9. The van der Waals surface area contributed by atoms with Crippen LogP contribution in [0.15, 0.2) is 18.2 Å². The van der Waals surface area contributed by atoms with Gasteiger partial charge in [0.2, 0.25) is 0 Å². The number of hydrogen-bond donors (Lipinski definition) is 2. The van der Waals surface area contributed by atoms with E-state index in [2.05, 4.69) is 5.32 Å². The summed E-state index contributed by atoms with van der Waals surface area (Å²) in [4.78, 5) is 0. The summed E-state index contributed by atoms with van der Waals surface area (Å²) in [6.45, 7) is 3.03. The highest BCUT2D eigenvalue weighted by atomic mass is 35.5. The van der Waals surface area contributed by atoms with Crippen molar-refractivity contribution in [2.45, 2.75) is 32.4 Å². The Morgan fingerprint density at radius 1 is 1.50 bits per heavy atom. The maximum absolute atomic E-state index is 13.3. The van der Waals surface area contributed by atoms with Crippen molar-refractivity contribution in [3.05, 3.63) is 34.6 Å². The van der Waals surface area contributed by atoms with E-state index in [1.807, 2.05) is 6.92 Å². The van der Waals surface area contributed by atoms with Crippen LogP contribution in [0.4, 0.5) is 4.39 Å². The molecule has 0 aromatic heterocycles. The topological polar surface area (TPSA) is 32.3 Å². The van der Waals surface area contributed by atoms with Crippen molar-refractivity contribution in [3.8, 4) is 0 Å². The molecule has 0 radical (unpaired) electrons. The Labute approximate surface area is 100 Å². The Morgan fingerprint density at radius 3 is 2.94 bits per heavy atom. The minimum atomic E-state index is -0.281. The van der Waals surface area contributed by atoms with Crippen LogP contribution in [0.5, 0.6) is 0 Å². The summed E-state index contributed by atoms with van der Waals surface area (Å²) < 4.78 is 13.3. The van der Waals surface area contributed by atoms with Crippen LogP contribution in [0.1, 0.15) is 25.3 Å². The first-order valence-corrected chi connectivity index (χ1v) is 5.84. The fourth-order valence-electron chi connectivity index (χ4n) is 1.37. The van der Waals surface area contributed by atoms with E-state index in [4.69, 9.17) is 11.6 Å². The number of halogens is 2. The monoisotopic (exact) mass is 245 g/mol. The van der Waals surface area contributed by atoms with Crippen LogP contribution in [-0.4, -0.2) is 17.8 Å². The van der Waals surface area contributed by atoms with Gasteiger partial charge in [0.25, 0.3) is 0 Å². The minimum Gasteiger partial charge on any atom is -0.393 e. The van der Waals surface area contributed by atoms with Crippen molar-refractivity contribution in [1.29, 1.82) is 0 Å². The van der Waals surface area contributed by atoms with Crippen molar-refractivity contribution in [2.75, 3.05) is 6.54 Å². The van der Waals surface area contributed by atoms with Crippen LogP contribution < -0.4 is 5.32 Å². The zero-order valence-electron chi connectivity index (χ0n) is 9.34. The summed E-state index contributed by atoms with van der Waals surface area (Å²) in [5.74, 6) is -0.257. The lowest BCUT2D eigenvalue weighted by atomic mass is 10.2. The first-order chi connectivity index (χ1) is 7.63. The second-order valence-corrected chi connectivity index (χ2v) is 4.20. The zero-order chi connectivity index (χ0) is 12.0. The molecule has 0 fully saturated rings. The van der Waals surface area contributed by atoms with Gasteiger partial charge in [-0.2, -0.15) is 0 Å². The predicted octanol–water partition coefficient (Wildman–Crippen LogP) is 2.73. The van der Waals surface area contributed by atoms with Gasteiger partial charge < -0.3 is 10.4 Å². The van der Waals surface area contributed by atoms with E-state index in [1.165, 1.54) is 12.1 Å². The first kappa shape index (κ1) is 13.4. The molecule has 0 spiro atoms. The molecule has 0 saturated heterocycles. The standard InChI is InChI=1S/C12H17ClFNO/c1-2-11(16)5-6-15-8-9-7-10(13)3-4-12(9)14/h3-4,7,11,15-16H,2,5-6,8H2,1H3. The molecule has 0 heterocycles. The van der Waals surface area contributed by atoms with Crippen molar-refractivity contribution in [2.24, 2.45) is 0 Å². The second-order valence-electron chi connectivity index (χ2n) is 3.76. The number of nitrogens with one attached hydrogen (secondary N) is 1. The molecule has 1 aromatic carbocycles. The van der Waals surface area contributed by atoms with Gasteiger partial charge in [0.05, 0.1) is 6.10 Å².